The Hall–Kier alpha value is -1.13. The molecule has 1 N–H and O–H groups in total. The molecule has 1 unspecified atom stereocenters. The molecule has 1 aromatic rings. The predicted octanol–water partition coefficient (Wildman–Crippen LogP) is 1.28. The van der Waals surface area contributed by atoms with E-state index in [1.807, 2.05) is 26.2 Å². The molecule has 0 radical (unpaired) electrons. The van der Waals surface area contributed by atoms with Crippen molar-refractivity contribution in [3.63, 3.8) is 0 Å². The van der Waals surface area contributed by atoms with Crippen molar-refractivity contribution in [3.05, 3.63) is 23.5 Å². The van der Waals surface area contributed by atoms with Gasteiger partial charge >= 0.3 is 0 Å². The Bertz CT molecular complexity index is 349. The fraction of sp³-hybridized carbons (Fsp3) is 0.583. The van der Waals surface area contributed by atoms with E-state index in [1.54, 1.807) is 0 Å². The molecule has 1 aliphatic rings. The summed E-state index contributed by atoms with van der Waals surface area (Å²) in [5.41, 5.74) is 2.08. The normalized spacial score (nSPS) is 20.0. The van der Waals surface area contributed by atoms with Gasteiger partial charge in [0.25, 0.3) is 0 Å². The predicted molar refractivity (Wildman–Crippen MR) is 61.6 cm³/mol. The van der Waals surface area contributed by atoms with Crippen LogP contribution in [-0.4, -0.2) is 31.3 Å². The second-order valence-corrected chi connectivity index (χ2v) is 4.07. The quantitative estimate of drug-likeness (QED) is 0.833. The second kappa shape index (κ2) is 5.27. The third kappa shape index (κ3) is 2.71. The van der Waals surface area contributed by atoms with Crippen molar-refractivity contribution in [3.8, 4) is 5.75 Å². The number of hydrogen-bond donors (Lipinski definition) is 1. The summed E-state index contributed by atoms with van der Waals surface area (Å²) >= 11 is 0. The molecule has 16 heavy (non-hydrogen) atoms. The van der Waals surface area contributed by atoms with Gasteiger partial charge in [-0.1, -0.05) is 0 Å². The molecule has 2 rings (SSSR count). The summed E-state index contributed by atoms with van der Waals surface area (Å²) in [5.74, 6) is 0.928. The lowest BCUT2D eigenvalue weighted by molar-refractivity contribution is 0.140. The van der Waals surface area contributed by atoms with Crippen molar-refractivity contribution in [1.82, 2.24) is 10.3 Å². The molecular weight excluding hydrogens is 204 g/mol. The molecule has 88 valence electrons. The highest BCUT2D eigenvalue weighted by Crippen LogP contribution is 2.22. The van der Waals surface area contributed by atoms with Crippen LogP contribution in [0, 0.1) is 6.92 Å². The number of ether oxygens (including phenoxy) is 2. The van der Waals surface area contributed by atoms with E-state index in [0.717, 1.165) is 36.6 Å². The minimum Gasteiger partial charge on any atom is -0.487 e. The Morgan fingerprint density at radius 3 is 3.19 bits per heavy atom. The third-order valence-electron chi connectivity index (χ3n) is 2.63. The third-order valence-corrected chi connectivity index (χ3v) is 2.63. The van der Waals surface area contributed by atoms with Crippen LogP contribution in [0.2, 0.25) is 0 Å². The highest BCUT2D eigenvalue weighted by atomic mass is 16.5. The number of aromatic nitrogens is 1. The number of pyridine rings is 1. The molecule has 1 aliphatic heterocycles. The molecule has 1 atom stereocenters. The maximum absolute atomic E-state index is 5.93. The average Bonchev–Trinajstić information content (AvgIpc) is 2.75. The van der Waals surface area contributed by atoms with Gasteiger partial charge in [0.15, 0.2) is 0 Å². The van der Waals surface area contributed by atoms with E-state index in [2.05, 4.69) is 10.3 Å². The van der Waals surface area contributed by atoms with Crippen LogP contribution in [0.1, 0.15) is 17.7 Å². The molecule has 0 amide bonds. The van der Waals surface area contributed by atoms with E-state index < -0.39 is 0 Å². The SMILES string of the molecule is CNCc1cnc(C)cc1OC1CCOC1. The largest absolute Gasteiger partial charge is 0.487 e. The summed E-state index contributed by atoms with van der Waals surface area (Å²) in [5, 5.41) is 3.12. The van der Waals surface area contributed by atoms with Crippen molar-refractivity contribution in [2.45, 2.75) is 26.0 Å². The summed E-state index contributed by atoms with van der Waals surface area (Å²) in [6.07, 6.45) is 3.04. The number of nitrogens with one attached hydrogen (secondary N) is 1. The Morgan fingerprint density at radius 2 is 2.50 bits per heavy atom. The van der Waals surface area contributed by atoms with Crippen LogP contribution in [0.25, 0.3) is 0 Å². The summed E-state index contributed by atoms with van der Waals surface area (Å²) in [4.78, 5) is 4.28. The van der Waals surface area contributed by atoms with Crippen molar-refractivity contribution >= 4 is 0 Å². The zero-order valence-corrected chi connectivity index (χ0v) is 9.82. The van der Waals surface area contributed by atoms with Crippen molar-refractivity contribution in [1.29, 1.82) is 0 Å². The molecule has 1 aromatic heterocycles. The number of hydrogen-bond acceptors (Lipinski definition) is 4. The molecule has 0 saturated carbocycles. The van der Waals surface area contributed by atoms with Crippen LogP contribution in [0.4, 0.5) is 0 Å². The van der Waals surface area contributed by atoms with Crippen LogP contribution in [0.5, 0.6) is 5.75 Å². The van der Waals surface area contributed by atoms with Crippen molar-refractivity contribution < 1.29 is 9.47 Å². The van der Waals surface area contributed by atoms with Gasteiger partial charge in [-0.05, 0) is 14.0 Å². The smallest absolute Gasteiger partial charge is 0.127 e. The zero-order valence-electron chi connectivity index (χ0n) is 9.82. The monoisotopic (exact) mass is 222 g/mol. The van der Waals surface area contributed by atoms with Gasteiger partial charge in [0.1, 0.15) is 11.9 Å². The molecular formula is C12H18N2O2. The number of aryl methyl sites for hydroxylation is 1. The molecule has 0 spiro atoms. The van der Waals surface area contributed by atoms with Crippen molar-refractivity contribution in [2.75, 3.05) is 20.3 Å². The van der Waals surface area contributed by atoms with E-state index in [1.165, 1.54) is 0 Å². The maximum atomic E-state index is 5.93. The molecule has 2 heterocycles. The lowest BCUT2D eigenvalue weighted by Crippen LogP contribution is -2.18. The molecule has 0 aliphatic carbocycles. The Morgan fingerprint density at radius 1 is 1.62 bits per heavy atom. The Balaban J connectivity index is 2.12. The molecule has 1 fully saturated rings. The van der Waals surface area contributed by atoms with Gasteiger partial charge in [-0.2, -0.15) is 0 Å². The lowest BCUT2D eigenvalue weighted by atomic mass is 10.2. The Labute approximate surface area is 96.0 Å². The molecule has 4 heteroatoms. The second-order valence-electron chi connectivity index (χ2n) is 4.07. The van der Waals surface area contributed by atoms with Gasteiger partial charge in [0, 0.05) is 36.5 Å². The summed E-state index contributed by atoms with van der Waals surface area (Å²) in [6.45, 7) is 4.24. The lowest BCUT2D eigenvalue weighted by Gasteiger charge is -2.15. The first-order valence-electron chi connectivity index (χ1n) is 5.64. The van der Waals surface area contributed by atoms with Gasteiger partial charge in [0.2, 0.25) is 0 Å². The highest BCUT2D eigenvalue weighted by Gasteiger charge is 2.18. The minimum atomic E-state index is 0.192. The van der Waals surface area contributed by atoms with E-state index in [-0.39, 0.29) is 6.10 Å². The standard InChI is InChI=1S/C12H18N2O2/c1-9-5-12(10(6-13-2)7-14-9)16-11-3-4-15-8-11/h5,7,11,13H,3-4,6,8H2,1-2H3. The molecule has 1 saturated heterocycles. The van der Waals surface area contributed by atoms with Gasteiger partial charge in [-0.3, -0.25) is 4.98 Å². The first-order valence-corrected chi connectivity index (χ1v) is 5.64. The van der Waals surface area contributed by atoms with Gasteiger partial charge in [-0.25, -0.2) is 0 Å². The number of rotatable bonds is 4. The van der Waals surface area contributed by atoms with Gasteiger partial charge < -0.3 is 14.8 Å². The van der Waals surface area contributed by atoms with E-state index in [4.69, 9.17) is 9.47 Å². The first-order chi connectivity index (χ1) is 7.79. The van der Waals surface area contributed by atoms with E-state index in [9.17, 15) is 0 Å². The minimum absolute atomic E-state index is 0.192. The summed E-state index contributed by atoms with van der Waals surface area (Å²) in [6, 6.07) is 1.99. The van der Waals surface area contributed by atoms with E-state index >= 15 is 0 Å². The topological polar surface area (TPSA) is 43.4 Å². The Kier molecular flexibility index (Phi) is 3.74. The van der Waals surface area contributed by atoms with Crippen molar-refractivity contribution in [2.24, 2.45) is 0 Å². The molecule has 0 aromatic carbocycles. The summed E-state index contributed by atoms with van der Waals surface area (Å²) in [7, 11) is 1.92. The fourth-order valence-corrected chi connectivity index (χ4v) is 1.78. The van der Waals surface area contributed by atoms with Gasteiger partial charge in [0.05, 0.1) is 13.2 Å². The zero-order chi connectivity index (χ0) is 11.4. The van der Waals surface area contributed by atoms with Crippen LogP contribution in [0.15, 0.2) is 12.3 Å². The van der Waals surface area contributed by atoms with Gasteiger partial charge in [-0.15, -0.1) is 0 Å². The van der Waals surface area contributed by atoms with Crippen LogP contribution in [-0.2, 0) is 11.3 Å². The van der Waals surface area contributed by atoms with Crippen LogP contribution < -0.4 is 10.1 Å². The first kappa shape index (κ1) is 11.4. The maximum Gasteiger partial charge on any atom is 0.127 e. The average molecular weight is 222 g/mol. The molecule has 4 nitrogen and oxygen atoms in total. The number of nitrogens with zero attached hydrogens (tertiary/aromatic N) is 1. The fourth-order valence-electron chi connectivity index (χ4n) is 1.78. The van der Waals surface area contributed by atoms with Crippen LogP contribution >= 0.6 is 0 Å². The highest BCUT2D eigenvalue weighted by molar-refractivity contribution is 5.33. The van der Waals surface area contributed by atoms with Crippen LogP contribution in [0.3, 0.4) is 0 Å². The molecule has 0 bridgehead atoms. The summed E-state index contributed by atoms with van der Waals surface area (Å²) < 4.78 is 11.2. The van der Waals surface area contributed by atoms with E-state index in [0.29, 0.717) is 6.61 Å².